The molecule has 0 radical (unpaired) electrons. The van der Waals surface area contributed by atoms with Crippen molar-refractivity contribution in [3.8, 4) is 11.3 Å². The summed E-state index contributed by atoms with van der Waals surface area (Å²) in [6, 6.07) is 9.42. The fraction of sp³-hybridized carbons (Fsp3) is 0.250. The maximum absolute atomic E-state index is 13.2. The number of fused-ring (bicyclic) bond motifs is 1. The molecule has 1 aromatic carbocycles. The number of amides is 1. The lowest BCUT2D eigenvalue weighted by Gasteiger charge is -2.19. The van der Waals surface area contributed by atoms with E-state index < -0.39 is 0 Å². The van der Waals surface area contributed by atoms with Gasteiger partial charge in [0.2, 0.25) is 5.43 Å². The van der Waals surface area contributed by atoms with Gasteiger partial charge in [-0.1, -0.05) is 11.6 Å². The summed E-state index contributed by atoms with van der Waals surface area (Å²) >= 11 is 0. The van der Waals surface area contributed by atoms with Crippen LogP contribution in [0.15, 0.2) is 47.5 Å². The standard InChI is InChI=1S/C20H21N3O2.ClH/c1-4-22-20(25)17-18(14-8-10-21-11-9-14)23(5-2)16-7-6-13(3)12-15(16)19(17)24;/h6-12H,4-5H2,1-3H3,(H,22,25);1H. The Bertz CT molecular complexity index is 997. The normalized spacial score (nSPS) is 10.4. The van der Waals surface area contributed by atoms with E-state index in [0.29, 0.717) is 24.2 Å². The molecule has 0 atom stereocenters. The van der Waals surface area contributed by atoms with Crippen LogP contribution in [0.5, 0.6) is 0 Å². The SMILES string of the molecule is CCNC(=O)c1c(-c2ccncc2)n(CC)c2ccc(C)cc2c1=O.Cl. The summed E-state index contributed by atoms with van der Waals surface area (Å²) < 4.78 is 2.02. The van der Waals surface area contributed by atoms with Crippen LogP contribution in [-0.2, 0) is 6.54 Å². The lowest BCUT2D eigenvalue weighted by Crippen LogP contribution is -2.31. The fourth-order valence-corrected chi connectivity index (χ4v) is 3.16. The molecule has 0 aliphatic heterocycles. The Morgan fingerprint density at radius 1 is 1.15 bits per heavy atom. The largest absolute Gasteiger partial charge is 0.352 e. The van der Waals surface area contributed by atoms with E-state index in [9.17, 15) is 9.59 Å². The first-order valence-electron chi connectivity index (χ1n) is 8.44. The van der Waals surface area contributed by atoms with Gasteiger partial charge < -0.3 is 9.88 Å². The quantitative estimate of drug-likeness (QED) is 0.762. The van der Waals surface area contributed by atoms with Crippen LogP contribution in [0, 0.1) is 6.92 Å². The lowest BCUT2D eigenvalue weighted by molar-refractivity contribution is 0.0955. The lowest BCUT2D eigenvalue weighted by atomic mass is 10.0. The van der Waals surface area contributed by atoms with E-state index in [4.69, 9.17) is 0 Å². The summed E-state index contributed by atoms with van der Waals surface area (Å²) in [5.74, 6) is -0.343. The molecule has 5 nitrogen and oxygen atoms in total. The van der Waals surface area contributed by atoms with Gasteiger partial charge in [-0.2, -0.15) is 0 Å². The molecule has 1 amide bonds. The highest BCUT2D eigenvalue weighted by Crippen LogP contribution is 2.26. The number of nitrogens with zero attached hydrogens (tertiary/aromatic N) is 2. The van der Waals surface area contributed by atoms with Crippen molar-refractivity contribution in [2.45, 2.75) is 27.3 Å². The summed E-state index contributed by atoms with van der Waals surface area (Å²) in [4.78, 5) is 29.9. The molecule has 3 aromatic rings. The fourth-order valence-electron chi connectivity index (χ4n) is 3.16. The number of benzene rings is 1. The van der Waals surface area contributed by atoms with Gasteiger partial charge >= 0.3 is 0 Å². The third-order valence-electron chi connectivity index (χ3n) is 4.26. The number of carbonyl (C=O) groups excluding carboxylic acids is 1. The highest BCUT2D eigenvalue weighted by Gasteiger charge is 2.22. The van der Waals surface area contributed by atoms with Gasteiger partial charge in [-0.15, -0.1) is 12.4 Å². The van der Waals surface area contributed by atoms with Crippen LogP contribution in [0.25, 0.3) is 22.2 Å². The van der Waals surface area contributed by atoms with Gasteiger partial charge in [0.25, 0.3) is 5.91 Å². The molecule has 136 valence electrons. The molecule has 0 aliphatic carbocycles. The summed E-state index contributed by atoms with van der Waals surface area (Å²) in [6.45, 7) is 6.90. The second-order valence-electron chi connectivity index (χ2n) is 5.91. The van der Waals surface area contributed by atoms with E-state index in [0.717, 1.165) is 16.6 Å². The van der Waals surface area contributed by atoms with E-state index in [2.05, 4.69) is 10.3 Å². The first kappa shape index (κ1) is 19.7. The molecule has 0 saturated carbocycles. The Kier molecular flexibility index (Phi) is 6.16. The van der Waals surface area contributed by atoms with Crippen molar-refractivity contribution in [2.24, 2.45) is 0 Å². The smallest absolute Gasteiger partial charge is 0.257 e. The van der Waals surface area contributed by atoms with Gasteiger partial charge in [0, 0.05) is 36.4 Å². The minimum absolute atomic E-state index is 0. The van der Waals surface area contributed by atoms with Crippen LogP contribution < -0.4 is 10.7 Å². The molecular formula is C20H22ClN3O2. The number of halogens is 1. The van der Waals surface area contributed by atoms with Gasteiger partial charge in [0.15, 0.2) is 0 Å². The highest BCUT2D eigenvalue weighted by atomic mass is 35.5. The Balaban J connectivity index is 0.00000243. The number of hydrogen-bond acceptors (Lipinski definition) is 3. The molecule has 26 heavy (non-hydrogen) atoms. The van der Waals surface area contributed by atoms with Gasteiger partial charge in [-0.25, -0.2) is 0 Å². The third kappa shape index (κ3) is 3.35. The number of carbonyl (C=O) groups is 1. The number of aromatic nitrogens is 2. The first-order chi connectivity index (χ1) is 12.1. The Morgan fingerprint density at radius 2 is 1.85 bits per heavy atom. The number of nitrogens with one attached hydrogen (secondary N) is 1. The van der Waals surface area contributed by atoms with E-state index in [-0.39, 0.29) is 29.3 Å². The Hall–Kier alpha value is -2.66. The maximum atomic E-state index is 13.2. The summed E-state index contributed by atoms with van der Waals surface area (Å²) in [7, 11) is 0. The van der Waals surface area contributed by atoms with Crippen molar-refractivity contribution in [3.63, 3.8) is 0 Å². The average molecular weight is 372 g/mol. The third-order valence-corrected chi connectivity index (χ3v) is 4.26. The van der Waals surface area contributed by atoms with E-state index >= 15 is 0 Å². The van der Waals surface area contributed by atoms with E-state index in [1.165, 1.54) is 0 Å². The predicted octanol–water partition coefficient (Wildman–Crippen LogP) is 3.56. The van der Waals surface area contributed by atoms with Crippen molar-refractivity contribution in [3.05, 3.63) is 64.1 Å². The summed E-state index contributed by atoms with van der Waals surface area (Å²) in [6.07, 6.45) is 3.33. The Labute approximate surface area is 158 Å². The van der Waals surface area contributed by atoms with Gasteiger partial charge in [-0.05, 0) is 45.0 Å². The zero-order valence-corrected chi connectivity index (χ0v) is 15.9. The van der Waals surface area contributed by atoms with Crippen LogP contribution in [0.2, 0.25) is 0 Å². The summed E-state index contributed by atoms with van der Waals surface area (Å²) in [5.41, 5.74) is 3.22. The highest BCUT2D eigenvalue weighted by molar-refractivity contribution is 6.03. The topological polar surface area (TPSA) is 64.0 Å². The number of pyridine rings is 2. The minimum atomic E-state index is -0.343. The van der Waals surface area contributed by atoms with Crippen molar-refractivity contribution in [1.82, 2.24) is 14.9 Å². The molecule has 6 heteroatoms. The molecule has 0 unspecified atom stereocenters. The van der Waals surface area contributed by atoms with Crippen molar-refractivity contribution in [1.29, 1.82) is 0 Å². The van der Waals surface area contributed by atoms with Crippen LogP contribution in [-0.4, -0.2) is 22.0 Å². The number of aryl methyl sites for hydroxylation is 2. The minimum Gasteiger partial charge on any atom is -0.352 e. The number of hydrogen-bond donors (Lipinski definition) is 1. The van der Waals surface area contributed by atoms with E-state index in [1.807, 2.05) is 55.7 Å². The number of rotatable bonds is 4. The second-order valence-corrected chi connectivity index (χ2v) is 5.91. The van der Waals surface area contributed by atoms with Crippen molar-refractivity contribution < 1.29 is 4.79 Å². The monoisotopic (exact) mass is 371 g/mol. The zero-order valence-electron chi connectivity index (χ0n) is 15.1. The van der Waals surface area contributed by atoms with Crippen LogP contribution in [0.3, 0.4) is 0 Å². The predicted molar refractivity (Wildman–Crippen MR) is 107 cm³/mol. The van der Waals surface area contributed by atoms with Gasteiger partial charge in [0.1, 0.15) is 5.56 Å². The van der Waals surface area contributed by atoms with Gasteiger partial charge in [-0.3, -0.25) is 14.6 Å². The van der Waals surface area contributed by atoms with E-state index in [1.54, 1.807) is 12.4 Å². The molecule has 2 aromatic heterocycles. The van der Waals surface area contributed by atoms with Crippen molar-refractivity contribution >= 4 is 29.2 Å². The summed E-state index contributed by atoms with van der Waals surface area (Å²) in [5, 5.41) is 3.35. The molecule has 0 spiro atoms. The molecule has 0 fully saturated rings. The molecule has 1 N–H and O–H groups in total. The van der Waals surface area contributed by atoms with Crippen LogP contribution in [0.4, 0.5) is 0 Å². The second kappa shape index (κ2) is 8.15. The molecular weight excluding hydrogens is 350 g/mol. The van der Waals surface area contributed by atoms with Crippen molar-refractivity contribution in [2.75, 3.05) is 6.54 Å². The average Bonchev–Trinajstić information content (AvgIpc) is 2.62. The first-order valence-corrected chi connectivity index (χ1v) is 8.44. The molecule has 2 heterocycles. The molecule has 0 aliphatic rings. The van der Waals surface area contributed by atoms with Crippen LogP contribution in [0.1, 0.15) is 29.8 Å². The molecule has 3 rings (SSSR count). The molecule has 0 saturated heterocycles. The molecule has 0 bridgehead atoms. The zero-order chi connectivity index (χ0) is 18.0. The maximum Gasteiger partial charge on any atom is 0.257 e. The van der Waals surface area contributed by atoms with Crippen LogP contribution >= 0.6 is 12.4 Å². The Morgan fingerprint density at radius 3 is 2.46 bits per heavy atom. The van der Waals surface area contributed by atoms with Gasteiger partial charge in [0.05, 0.1) is 11.2 Å².